The molecule has 1 amide bonds. The highest BCUT2D eigenvalue weighted by Gasteiger charge is 2.07. The number of carbonyl (C=O) groups excluding carboxylic acids is 2. The van der Waals surface area contributed by atoms with Crippen LogP contribution in [-0.4, -0.2) is 24.0 Å². The Bertz CT molecular complexity index is 516. The molecule has 5 heteroatoms. The number of rotatable bonds is 13. The van der Waals surface area contributed by atoms with Crippen LogP contribution in [0.4, 0.5) is 4.79 Å². The Kier molecular flexibility index (Phi) is 11.2. The number of aldehydes is 1. The molecule has 0 radical (unpaired) electrons. The fourth-order valence-electron chi connectivity index (χ4n) is 2.63. The second-order valence-electron chi connectivity index (χ2n) is 6.34. The predicted octanol–water partition coefficient (Wildman–Crippen LogP) is 5.21. The van der Waals surface area contributed by atoms with E-state index in [4.69, 9.17) is 4.74 Å². The average Bonchev–Trinajstić information content (AvgIpc) is 2.60. The second kappa shape index (κ2) is 13.3. The van der Waals surface area contributed by atoms with Crippen molar-refractivity contribution in [3.63, 3.8) is 0 Å². The maximum absolute atomic E-state index is 11.7. The fourth-order valence-corrected chi connectivity index (χ4v) is 2.63. The fraction of sp³-hybridized carbons (Fsp3) is 0.600. The van der Waals surface area contributed by atoms with Gasteiger partial charge in [-0.25, -0.2) is 4.79 Å². The minimum atomic E-state index is -0.547. The van der Waals surface area contributed by atoms with Crippen molar-refractivity contribution < 1.29 is 19.4 Å². The third-order valence-corrected chi connectivity index (χ3v) is 4.14. The van der Waals surface area contributed by atoms with Gasteiger partial charge in [0.2, 0.25) is 0 Å². The number of carbonyl (C=O) groups is 2. The number of unbranched alkanes of at least 4 members (excludes halogenated alkanes) is 9. The van der Waals surface area contributed by atoms with Gasteiger partial charge in [-0.1, -0.05) is 64.7 Å². The van der Waals surface area contributed by atoms with Crippen molar-refractivity contribution in [3.8, 4) is 11.5 Å². The molecule has 0 aromatic heterocycles. The molecular formula is C20H31NO4. The van der Waals surface area contributed by atoms with Crippen molar-refractivity contribution in [2.24, 2.45) is 0 Å². The van der Waals surface area contributed by atoms with Crippen LogP contribution in [0.1, 0.15) is 81.5 Å². The molecule has 0 aliphatic rings. The van der Waals surface area contributed by atoms with Crippen LogP contribution in [0.3, 0.4) is 0 Å². The summed E-state index contributed by atoms with van der Waals surface area (Å²) in [6.07, 6.45) is 12.5. The first kappa shape index (κ1) is 21.0. The lowest BCUT2D eigenvalue weighted by Gasteiger charge is -2.07. The molecule has 0 aliphatic carbocycles. The lowest BCUT2D eigenvalue weighted by molar-refractivity contribution is 0.112. The molecule has 0 bridgehead atoms. The molecule has 25 heavy (non-hydrogen) atoms. The molecule has 1 aromatic carbocycles. The van der Waals surface area contributed by atoms with Gasteiger partial charge in [-0.2, -0.15) is 0 Å². The predicted molar refractivity (Wildman–Crippen MR) is 99.4 cm³/mol. The SMILES string of the molecule is CCCCCCCCCCCCNC(=O)Oc1ccc(C=O)c(O)c1. The van der Waals surface area contributed by atoms with E-state index in [1.54, 1.807) is 0 Å². The van der Waals surface area contributed by atoms with E-state index in [2.05, 4.69) is 12.2 Å². The number of phenols is 1. The van der Waals surface area contributed by atoms with Crippen LogP contribution in [0.15, 0.2) is 18.2 Å². The Labute approximate surface area is 150 Å². The van der Waals surface area contributed by atoms with Gasteiger partial charge in [-0.15, -0.1) is 0 Å². The Balaban J connectivity index is 2.02. The molecule has 0 heterocycles. The van der Waals surface area contributed by atoms with Crippen LogP contribution < -0.4 is 10.1 Å². The highest BCUT2D eigenvalue weighted by molar-refractivity contribution is 5.80. The molecule has 0 fully saturated rings. The summed E-state index contributed by atoms with van der Waals surface area (Å²) in [5, 5.41) is 12.2. The molecule has 0 saturated carbocycles. The number of amides is 1. The van der Waals surface area contributed by atoms with Crippen molar-refractivity contribution >= 4 is 12.4 Å². The minimum absolute atomic E-state index is 0.165. The van der Waals surface area contributed by atoms with Crippen LogP contribution in [0.5, 0.6) is 11.5 Å². The lowest BCUT2D eigenvalue weighted by Crippen LogP contribution is -2.27. The van der Waals surface area contributed by atoms with Crippen LogP contribution in [0.2, 0.25) is 0 Å². The van der Waals surface area contributed by atoms with Gasteiger partial charge in [0.25, 0.3) is 0 Å². The molecule has 5 nitrogen and oxygen atoms in total. The number of hydrogen-bond acceptors (Lipinski definition) is 4. The van der Waals surface area contributed by atoms with Crippen LogP contribution >= 0.6 is 0 Å². The van der Waals surface area contributed by atoms with Gasteiger partial charge in [0.1, 0.15) is 11.5 Å². The van der Waals surface area contributed by atoms with Gasteiger partial charge in [0.05, 0.1) is 5.56 Å². The largest absolute Gasteiger partial charge is 0.507 e. The first-order valence-electron chi connectivity index (χ1n) is 9.41. The van der Waals surface area contributed by atoms with Gasteiger partial charge in [0, 0.05) is 12.6 Å². The Hall–Kier alpha value is -2.04. The molecule has 1 aromatic rings. The Morgan fingerprint density at radius 2 is 1.64 bits per heavy atom. The standard InChI is InChI=1S/C20H31NO4/c1-2-3-4-5-6-7-8-9-10-11-14-21-20(24)25-18-13-12-17(16-22)19(23)15-18/h12-13,15-16,23H,2-11,14H2,1H3,(H,21,24). The van der Waals surface area contributed by atoms with E-state index in [0.717, 1.165) is 12.8 Å². The van der Waals surface area contributed by atoms with Gasteiger partial charge in [-0.3, -0.25) is 4.79 Å². The highest BCUT2D eigenvalue weighted by Crippen LogP contribution is 2.22. The summed E-state index contributed by atoms with van der Waals surface area (Å²) in [4.78, 5) is 22.3. The zero-order chi connectivity index (χ0) is 18.3. The van der Waals surface area contributed by atoms with E-state index in [1.807, 2.05) is 0 Å². The molecule has 0 saturated heterocycles. The molecule has 0 atom stereocenters. The summed E-state index contributed by atoms with van der Waals surface area (Å²) in [6, 6.07) is 4.14. The van der Waals surface area contributed by atoms with E-state index in [1.165, 1.54) is 69.6 Å². The molecule has 2 N–H and O–H groups in total. The third kappa shape index (κ3) is 9.75. The summed E-state index contributed by atoms with van der Waals surface area (Å²) < 4.78 is 5.06. The monoisotopic (exact) mass is 349 g/mol. The van der Waals surface area contributed by atoms with Gasteiger partial charge in [-0.05, 0) is 18.6 Å². The molecular weight excluding hydrogens is 318 g/mol. The van der Waals surface area contributed by atoms with Crippen LogP contribution in [0.25, 0.3) is 0 Å². The normalized spacial score (nSPS) is 10.4. The van der Waals surface area contributed by atoms with Gasteiger partial charge >= 0.3 is 6.09 Å². The smallest absolute Gasteiger partial charge is 0.412 e. The van der Waals surface area contributed by atoms with Crippen molar-refractivity contribution in [1.29, 1.82) is 0 Å². The van der Waals surface area contributed by atoms with E-state index < -0.39 is 6.09 Å². The zero-order valence-electron chi connectivity index (χ0n) is 15.3. The summed E-state index contributed by atoms with van der Waals surface area (Å²) in [5.74, 6) is 0.0127. The molecule has 140 valence electrons. The first-order valence-corrected chi connectivity index (χ1v) is 9.41. The van der Waals surface area contributed by atoms with Gasteiger partial charge in [0.15, 0.2) is 6.29 Å². The molecule has 0 spiro atoms. The van der Waals surface area contributed by atoms with Gasteiger partial charge < -0.3 is 15.2 Å². The molecule has 0 unspecified atom stereocenters. The summed E-state index contributed by atoms with van der Waals surface area (Å²) in [7, 11) is 0. The number of ether oxygens (including phenoxy) is 1. The number of benzene rings is 1. The number of nitrogens with one attached hydrogen (secondary N) is 1. The number of hydrogen-bond donors (Lipinski definition) is 2. The van der Waals surface area contributed by atoms with E-state index in [9.17, 15) is 14.7 Å². The zero-order valence-corrected chi connectivity index (χ0v) is 15.3. The molecule has 0 aliphatic heterocycles. The van der Waals surface area contributed by atoms with E-state index in [-0.39, 0.29) is 17.1 Å². The topological polar surface area (TPSA) is 75.6 Å². The summed E-state index contributed by atoms with van der Waals surface area (Å²) in [6.45, 7) is 2.81. The minimum Gasteiger partial charge on any atom is -0.507 e. The van der Waals surface area contributed by atoms with Crippen molar-refractivity contribution in [2.75, 3.05) is 6.54 Å². The van der Waals surface area contributed by atoms with E-state index in [0.29, 0.717) is 12.8 Å². The third-order valence-electron chi connectivity index (χ3n) is 4.14. The number of phenolic OH excluding ortho intramolecular Hbond substituents is 1. The maximum Gasteiger partial charge on any atom is 0.412 e. The Morgan fingerprint density at radius 1 is 1.04 bits per heavy atom. The van der Waals surface area contributed by atoms with Crippen LogP contribution in [0, 0.1) is 0 Å². The second-order valence-corrected chi connectivity index (χ2v) is 6.34. The number of aromatic hydroxyl groups is 1. The first-order chi connectivity index (χ1) is 12.2. The average molecular weight is 349 g/mol. The highest BCUT2D eigenvalue weighted by atomic mass is 16.6. The van der Waals surface area contributed by atoms with E-state index >= 15 is 0 Å². The lowest BCUT2D eigenvalue weighted by atomic mass is 10.1. The quantitative estimate of drug-likeness (QED) is 0.378. The van der Waals surface area contributed by atoms with Crippen molar-refractivity contribution in [2.45, 2.75) is 71.1 Å². The summed E-state index contributed by atoms with van der Waals surface area (Å²) >= 11 is 0. The Morgan fingerprint density at radius 3 is 2.20 bits per heavy atom. The molecule has 1 rings (SSSR count). The van der Waals surface area contributed by atoms with Crippen molar-refractivity contribution in [3.05, 3.63) is 23.8 Å². The van der Waals surface area contributed by atoms with Crippen LogP contribution in [-0.2, 0) is 0 Å². The van der Waals surface area contributed by atoms with Crippen molar-refractivity contribution in [1.82, 2.24) is 5.32 Å². The summed E-state index contributed by atoms with van der Waals surface area (Å²) in [5.41, 5.74) is 0.165. The maximum atomic E-state index is 11.7.